The van der Waals surface area contributed by atoms with Gasteiger partial charge in [0.2, 0.25) is 15.9 Å². The van der Waals surface area contributed by atoms with E-state index < -0.39 is 22.5 Å². The van der Waals surface area contributed by atoms with E-state index in [9.17, 15) is 13.2 Å². The first-order valence-corrected chi connectivity index (χ1v) is 11.3. The second-order valence-electron chi connectivity index (χ2n) is 6.76. The number of rotatable bonds is 10. The molecule has 0 spiro atoms. The minimum Gasteiger partial charge on any atom is -0.493 e. The van der Waals surface area contributed by atoms with Crippen molar-refractivity contribution in [3.8, 4) is 23.0 Å². The Hall–Kier alpha value is -3.56. The zero-order valence-corrected chi connectivity index (χ0v) is 18.5. The lowest BCUT2D eigenvalue weighted by molar-refractivity contribution is -0.115. The van der Waals surface area contributed by atoms with Gasteiger partial charge in [0.25, 0.3) is 0 Å². The van der Waals surface area contributed by atoms with E-state index in [1.165, 1.54) is 14.2 Å². The molecule has 168 valence electrons. The topological polar surface area (TPSA) is 103 Å². The molecule has 0 aromatic heterocycles. The number of hydrogen-bond donors (Lipinski definition) is 2. The predicted molar refractivity (Wildman–Crippen MR) is 122 cm³/mol. The van der Waals surface area contributed by atoms with Gasteiger partial charge in [-0.3, -0.25) is 4.79 Å². The quantitative estimate of drug-likeness (QED) is 0.484. The first kappa shape index (κ1) is 23.1. The molecule has 0 aliphatic heterocycles. The molecule has 1 amide bonds. The number of nitrogens with one attached hydrogen (secondary N) is 2. The van der Waals surface area contributed by atoms with Crippen LogP contribution in [0.3, 0.4) is 0 Å². The Morgan fingerprint density at radius 1 is 0.844 bits per heavy atom. The molecule has 0 aliphatic rings. The van der Waals surface area contributed by atoms with Gasteiger partial charge in [-0.1, -0.05) is 24.3 Å². The second kappa shape index (κ2) is 10.7. The molecule has 32 heavy (non-hydrogen) atoms. The number of carbonyl (C=O) groups is 1. The monoisotopic (exact) mass is 456 g/mol. The van der Waals surface area contributed by atoms with Gasteiger partial charge >= 0.3 is 0 Å². The maximum Gasteiger partial charge on any atom is 0.239 e. The molecule has 0 fully saturated rings. The van der Waals surface area contributed by atoms with Crippen LogP contribution >= 0.6 is 0 Å². The maximum absolute atomic E-state index is 12.3. The van der Waals surface area contributed by atoms with Gasteiger partial charge in [0.15, 0.2) is 11.5 Å². The zero-order chi connectivity index (χ0) is 23.0. The summed E-state index contributed by atoms with van der Waals surface area (Å²) in [7, 11) is -0.765. The summed E-state index contributed by atoms with van der Waals surface area (Å²) in [4.78, 5) is 12.2. The fourth-order valence-corrected chi connectivity index (χ4v) is 3.92. The number of sulfonamides is 1. The summed E-state index contributed by atoms with van der Waals surface area (Å²) in [6.45, 7) is -0.391. The van der Waals surface area contributed by atoms with E-state index in [-0.39, 0.29) is 5.75 Å². The van der Waals surface area contributed by atoms with Gasteiger partial charge in [-0.2, -0.15) is 0 Å². The first-order chi connectivity index (χ1) is 15.4. The highest BCUT2D eigenvalue weighted by Crippen LogP contribution is 2.28. The largest absolute Gasteiger partial charge is 0.493 e. The molecule has 3 aromatic carbocycles. The highest BCUT2D eigenvalue weighted by Gasteiger charge is 2.15. The number of benzene rings is 3. The van der Waals surface area contributed by atoms with Crippen molar-refractivity contribution in [1.29, 1.82) is 0 Å². The van der Waals surface area contributed by atoms with Crippen molar-refractivity contribution < 1.29 is 27.4 Å². The van der Waals surface area contributed by atoms with E-state index in [4.69, 9.17) is 14.2 Å². The van der Waals surface area contributed by atoms with Crippen LogP contribution in [-0.2, 0) is 20.6 Å². The summed E-state index contributed by atoms with van der Waals surface area (Å²) in [5, 5.41) is 2.64. The van der Waals surface area contributed by atoms with Gasteiger partial charge in [-0.25, -0.2) is 13.1 Å². The van der Waals surface area contributed by atoms with Crippen molar-refractivity contribution in [1.82, 2.24) is 4.72 Å². The first-order valence-electron chi connectivity index (χ1n) is 9.69. The van der Waals surface area contributed by atoms with Crippen LogP contribution in [0.1, 0.15) is 5.56 Å². The van der Waals surface area contributed by atoms with Crippen molar-refractivity contribution in [3.05, 3.63) is 78.4 Å². The molecule has 8 nitrogen and oxygen atoms in total. The van der Waals surface area contributed by atoms with Gasteiger partial charge in [0.05, 0.1) is 26.5 Å². The lowest BCUT2D eigenvalue weighted by Crippen LogP contribution is -2.33. The van der Waals surface area contributed by atoms with Crippen LogP contribution in [0, 0.1) is 0 Å². The molecule has 0 atom stereocenters. The normalized spacial score (nSPS) is 10.9. The molecule has 0 saturated heterocycles. The standard InChI is InChI=1S/C23H24N2O6S/c1-29-21-13-8-17(14-22(21)30-2)16-32(27,28)24-15-23(26)25-18-9-11-20(12-10-18)31-19-6-4-3-5-7-19/h3-14,24H,15-16H2,1-2H3,(H,25,26). The number of methoxy groups -OCH3 is 2. The van der Waals surface area contributed by atoms with Gasteiger partial charge in [0.1, 0.15) is 11.5 Å². The van der Waals surface area contributed by atoms with Crippen molar-refractivity contribution >= 4 is 21.6 Å². The third kappa shape index (κ3) is 6.73. The summed E-state index contributed by atoms with van der Waals surface area (Å²) in [5.41, 5.74) is 1.03. The molecule has 0 aliphatic carbocycles. The Labute approximate surface area is 187 Å². The maximum atomic E-state index is 12.3. The summed E-state index contributed by atoms with van der Waals surface area (Å²) in [5.74, 6) is 1.46. The van der Waals surface area contributed by atoms with Gasteiger partial charge in [-0.15, -0.1) is 0 Å². The summed E-state index contributed by atoms with van der Waals surface area (Å²) >= 11 is 0. The highest BCUT2D eigenvalue weighted by molar-refractivity contribution is 7.88. The number of hydrogen-bond acceptors (Lipinski definition) is 6. The van der Waals surface area contributed by atoms with Crippen LogP contribution in [0.2, 0.25) is 0 Å². The summed E-state index contributed by atoms with van der Waals surface area (Å²) < 4.78 is 43.0. The molecular formula is C23H24N2O6S. The third-order valence-corrected chi connectivity index (χ3v) is 5.67. The van der Waals surface area contributed by atoms with E-state index in [0.29, 0.717) is 34.2 Å². The van der Waals surface area contributed by atoms with Crippen LogP contribution < -0.4 is 24.2 Å². The van der Waals surface area contributed by atoms with E-state index in [1.54, 1.807) is 42.5 Å². The number of ether oxygens (including phenoxy) is 3. The molecule has 0 bridgehead atoms. The van der Waals surface area contributed by atoms with Crippen LogP contribution in [0.5, 0.6) is 23.0 Å². The average Bonchev–Trinajstić information content (AvgIpc) is 2.79. The lowest BCUT2D eigenvalue weighted by Gasteiger charge is -2.11. The van der Waals surface area contributed by atoms with Crippen molar-refractivity contribution in [3.63, 3.8) is 0 Å². The van der Waals surface area contributed by atoms with Crippen LogP contribution in [0.15, 0.2) is 72.8 Å². The zero-order valence-electron chi connectivity index (χ0n) is 17.7. The number of para-hydroxylation sites is 1. The summed E-state index contributed by atoms with van der Waals surface area (Å²) in [6.07, 6.45) is 0. The number of anilines is 1. The SMILES string of the molecule is COc1ccc(CS(=O)(=O)NCC(=O)Nc2ccc(Oc3ccccc3)cc2)cc1OC. The molecule has 9 heteroatoms. The highest BCUT2D eigenvalue weighted by atomic mass is 32.2. The van der Waals surface area contributed by atoms with Gasteiger partial charge in [0, 0.05) is 5.69 Å². The number of carbonyl (C=O) groups excluding carboxylic acids is 1. The Kier molecular flexibility index (Phi) is 7.69. The van der Waals surface area contributed by atoms with Gasteiger partial charge < -0.3 is 19.5 Å². The molecule has 0 unspecified atom stereocenters. The third-order valence-electron chi connectivity index (χ3n) is 4.37. The molecular weight excluding hydrogens is 432 g/mol. The molecule has 3 rings (SSSR count). The predicted octanol–water partition coefficient (Wildman–Crippen LogP) is 3.55. The Morgan fingerprint density at radius 3 is 2.16 bits per heavy atom. The van der Waals surface area contributed by atoms with Crippen molar-refractivity contribution in [2.24, 2.45) is 0 Å². The van der Waals surface area contributed by atoms with E-state index in [2.05, 4.69) is 10.0 Å². The summed E-state index contributed by atoms with van der Waals surface area (Å²) in [6, 6.07) is 20.9. The van der Waals surface area contributed by atoms with E-state index in [0.717, 1.165) is 0 Å². The second-order valence-corrected chi connectivity index (χ2v) is 8.56. The fourth-order valence-electron chi connectivity index (χ4n) is 2.85. The molecule has 0 radical (unpaired) electrons. The fraction of sp³-hybridized carbons (Fsp3) is 0.174. The molecule has 3 aromatic rings. The molecule has 0 saturated carbocycles. The Balaban J connectivity index is 1.51. The van der Waals surface area contributed by atoms with E-state index in [1.807, 2.05) is 30.3 Å². The minimum absolute atomic E-state index is 0.299. The smallest absolute Gasteiger partial charge is 0.239 e. The average molecular weight is 457 g/mol. The van der Waals surface area contributed by atoms with Crippen LogP contribution in [-0.4, -0.2) is 35.1 Å². The molecule has 2 N–H and O–H groups in total. The van der Waals surface area contributed by atoms with E-state index >= 15 is 0 Å². The van der Waals surface area contributed by atoms with Gasteiger partial charge in [-0.05, 0) is 54.1 Å². The molecule has 0 heterocycles. The van der Waals surface area contributed by atoms with Crippen molar-refractivity contribution in [2.75, 3.05) is 26.1 Å². The van der Waals surface area contributed by atoms with Crippen molar-refractivity contribution in [2.45, 2.75) is 5.75 Å². The Morgan fingerprint density at radius 2 is 1.50 bits per heavy atom. The Bertz CT molecular complexity index is 1150. The van der Waals surface area contributed by atoms with Crippen LogP contribution in [0.4, 0.5) is 5.69 Å². The van der Waals surface area contributed by atoms with Crippen LogP contribution in [0.25, 0.3) is 0 Å². The minimum atomic E-state index is -3.74. The number of amides is 1. The lowest BCUT2D eigenvalue weighted by atomic mass is 10.2.